The van der Waals surface area contributed by atoms with Gasteiger partial charge >= 0.3 is 0 Å². The van der Waals surface area contributed by atoms with E-state index in [4.69, 9.17) is 16.3 Å². The molecule has 1 N–H and O–H groups in total. The van der Waals surface area contributed by atoms with Crippen LogP contribution in [0.15, 0.2) is 24.3 Å². The van der Waals surface area contributed by atoms with Gasteiger partial charge in [0.2, 0.25) is 0 Å². The van der Waals surface area contributed by atoms with Crippen LogP contribution in [0, 0.1) is 0 Å². The van der Waals surface area contributed by atoms with Gasteiger partial charge in [-0.15, -0.1) is 0 Å². The molecule has 0 aliphatic rings. The van der Waals surface area contributed by atoms with Crippen molar-refractivity contribution in [2.45, 2.75) is 25.3 Å². The predicted octanol–water partition coefficient (Wildman–Crippen LogP) is 2.90. The third-order valence-corrected chi connectivity index (χ3v) is 2.92. The van der Waals surface area contributed by atoms with Crippen molar-refractivity contribution in [1.29, 1.82) is 0 Å². The van der Waals surface area contributed by atoms with Gasteiger partial charge in [-0.3, -0.25) is 0 Å². The third kappa shape index (κ3) is 4.97. The largest absolute Gasteiger partial charge is 0.385 e. The molecule has 90 valence electrons. The summed E-state index contributed by atoms with van der Waals surface area (Å²) >= 11 is 5.96. The highest BCUT2D eigenvalue weighted by molar-refractivity contribution is 6.30. The highest BCUT2D eigenvalue weighted by Gasteiger charge is 2.07. The van der Waals surface area contributed by atoms with Gasteiger partial charge in [0.25, 0.3) is 0 Å². The van der Waals surface area contributed by atoms with Crippen molar-refractivity contribution >= 4 is 11.6 Å². The van der Waals surface area contributed by atoms with Crippen LogP contribution in [0.2, 0.25) is 5.02 Å². The fourth-order valence-electron chi connectivity index (χ4n) is 1.77. The number of hydrogen-bond donors (Lipinski definition) is 1. The van der Waals surface area contributed by atoms with E-state index in [1.807, 2.05) is 25.2 Å². The topological polar surface area (TPSA) is 21.3 Å². The SMILES string of the molecule is CNC(CCCOC)Cc1cccc(Cl)c1. The van der Waals surface area contributed by atoms with E-state index in [0.29, 0.717) is 6.04 Å². The van der Waals surface area contributed by atoms with E-state index < -0.39 is 0 Å². The summed E-state index contributed by atoms with van der Waals surface area (Å²) in [6, 6.07) is 8.55. The Labute approximate surface area is 103 Å². The lowest BCUT2D eigenvalue weighted by molar-refractivity contribution is 0.189. The molecule has 1 rings (SSSR count). The lowest BCUT2D eigenvalue weighted by Gasteiger charge is -2.16. The molecule has 16 heavy (non-hydrogen) atoms. The Morgan fingerprint density at radius 3 is 2.88 bits per heavy atom. The Morgan fingerprint density at radius 2 is 2.25 bits per heavy atom. The molecule has 2 nitrogen and oxygen atoms in total. The van der Waals surface area contributed by atoms with Crippen LogP contribution in [0.4, 0.5) is 0 Å². The molecule has 1 atom stereocenters. The molecule has 0 fully saturated rings. The van der Waals surface area contributed by atoms with E-state index in [0.717, 1.165) is 30.9 Å². The maximum absolute atomic E-state index is 5.96. The van der Waals surface area contributed by atoms with E-state index >= 15 is 0 Å². The first kappa shape index (κ1) is 13.5. The molecule has 0 bridgehead atoms. The van der Waals surface area contributed by atoms with E-state index in [9.17, 15) is 0 Å². The zero-order valence-electron chi connectivity index (χ0n) is 10.0. The summed E-state index contributed by atoms with van der Waals surface area (Å²) in [6.07, 6.45) is 3.22. The van der Waals surface area contributed by atoms with Crippen LogP contribution in [0.1, 0.15) is 18.4 Å². The fraction of sp³-hybridized carbons (Fsp3) is 0.538. The fourth-order valence-corrected chi connectivity index (χ4v) is 1.98. The summed E-state index contributed by atoms with van der Waals surface area (Å²) in [5.74, 6) is 0. The minimum Gasteiger partial charge on any atom is -0.385 e. The van der Waals surface area contributed by atoms with Crippen LogP contribution in [0.5, 0.6) is 0 Å². The first-order chi connectivity index (χ1) is 7.76. The molecule has 0 radical (unpaired) electrons. The van der Waals surface area contributed by atoms with Gasteiger partial charge < -0.3 is 10.1 Å². The number of benzene rings is 1. The normalized spacial score (nSPS) is 12.7. The maximum atomic E-state index is 5.96. The van der Waals surface area contributed by atoms with Crippen LogP contribution in [0.25, 0.3) is 0 Å². The van der Waals surface area contributed by atoms with Crippen molar-refractivity contribution in [2.75, 3.05) is 20.8 Å². The number of halogens is 1. The van der Waals surface area contributed by atoms with E-state index in [1.165, 1.54) is 5.56 Å². The zero-order chi connectivity index (χ0) is 11.8. The van der Waals surface area contributed by atoms with Gasteiger partial charge in [0.1, 0.15) is 0 Å². The smallest absolute Gasteiger partial charge is 0.0462 e. The number of methoxy groups -OCH3 is 1. The summed E-state index contributed by atoms with van der Waals surface area (Å²) < 4.78 is 5.06. The number of likely N-dealkylation sites (N-methyl/N-ethyl adjacent to an activating group) is 1. The molecule has 1 unspecified atom stereocenters. The minimum absolute atomic E-state index is 0.494. The van der Waals surface area contributed by atoms with Crippen molar-refractivity contribution in [3.63, 3.8) is 0 Å². The number of rotatable bonds is 7. The molecule has 3 heteroatoms. The Kier molecular flexibility index (Phi) is 6.46. The Bertz CT molecular complexity index is 304. The van der Waals surface area contributed by atoms with Crippen LogP contribution >= 0.6 is 11.6 Å². The molecule has 0 heterocycles. The van der Waals surface area contributed by atoms with E-state index in [-0.39, 0.29) is 0 Å². The summed E-state index contributed by atoms with van der Waals surface area (Å²) in [5.41, 5.74) is 1.28. The zero-order valence-corrected chi connectivity index (χ0v) is 10.8. The molecule has 0 aliphatic carbocycles. The summed E-state index contributed by atoms with van der Waals surface area (Å²) in [6.45, 7) is 0.827. The second-order valence-corrected chi connectivity index (χ2v) is 4.39. The van der Waals surface area contributed by atoms with Crippen molar-refractivity contribution in [3.05, 3.63) is 34.9 Å². The van der Waals surface area contributed by atoms with Gasteiger partial charge in [0.05, 0.1) is 0 Å². The molecule has 0 spiro atoms. The first-order valence-electron chi connectivity index (χ1n) is 5.67. The summed E-state index contributed by atoms with van der Waals surface area (Å²) in [7, 11) is 3.74. The van der Waals surface area contributed by atoms with Crippen molar-refractivity contribution in [2.24, 2.45) is 0 Å². The Hall–Kier alpha value is -0.570. The Morgan fingerprint density at radius 1 is 1.44 bits per heavy atom. The second kappa shape index (κ2) is 7.66. The molecule has 1 aromatic rings. The molecule has 0 aromatic heterocycles. The summed E-state index contributed by atoms with van der Waals surface area (Å²) in [4.78, 5) is 0. The van der Waals surface area contributed by atoms with Gasteiger partial charge in [0.15, 0.2) is 0 Å². The molecule has 1 aromatic carbocycles. The highest BCUT2D eigenvalue weighted by atomic mass is 35.5. The van der Waals surface area contributed by atoms with Crippen LogP contribution in [-0.2, 0) is 11.2 Å². The maximum Gasteiger partial charge on any atom is 0.0462 e. The van der Waals surface area contributed by atoms with Gasteiger partial charge in [-0.25, -0.2) is 0 Å². The number of ether oxygens (including phenoxy) is 1. The molecule has 0 saturated carbocycles. The van der Waals surface area contributed by atoms with E-state index in [1.54, 1.807) is 7.11 Å². The lowest BCUT2D eigenvalue weighted by atomic mass is 10.0. The van der Waals surface area contributed by atoms with Gasteiger partial charge in [-0.2, -0.15) is 0 Å². The van der Waals surface area contributed by atoms with Gasteiger partial charge in [0, 0.05) is 24.8 Å². The minimum atomic E-state index is 0.494. The predicted molar refractivity (Wildman–Crippen MR) is 69.1 cm³/mol. The van der Waals surface area contributed by atoms with Gasteiger partial charge in [-0.05, 0) is 44.0 Å². The molecule has 0 saturated heterocycles. The lowest BCUT2D eigenvalue weighted by Crippen LogP contribution is -2.27. The standard InChI is InChI=1S/C13H20ClNO/c1-15-13(7-4-8-16-2)10-11-5-3-6-12(14)9-11/h3,5-6,9,13,15H,4,7-8,10H2,1-2H3. The molecular formula is C13H20ClNO. The molecule has 0 aliphatic heterocycles. The van der Waals surface area contributed by atoms with Crippen molar-refractivity contribution in [3.8, 4) is 0 Å². The van der Waals surface area contributed by atoms with Crippen LogP contribution in [0.3, 0.4) is 0 Å². The first-order valence-corrected chi connectivity index (χ1v) is 6.04. The number of hydrogen-bond acceptors (Lipinski definition) is 2. The average Bonchev–Trinajstić information content (AvgIpc) is 2.28. The number of nitrogens with one attached hydrogen (secondary N) is 1. The van der Waals surface area contributed by atoms with Gasteiger partial charge in [-0.1, -0.05) is 23.7 Å². The molecular weight excluding hydrogens is 222 g/mol. The van der Waals surface area contributed by atoms with Crippen LogP contribution < -0.4 is 5.32 Å². The average molecular weight is 242 g/mol. The Balaban J connectivity index is 2.43. The van der Waals surface area contributed by atoms with Crippen LogP contribution in [-0.4, -0.2) is 26.8 Å². The second-order valence-electron chi connectivity index (χ2n) is 3.95. The third-order valence-electron chi connectivity index (χ3n) is 2.68. The monoisotopic (exact) mass is 241 g/mol. The highest BCUT2D eigenvalue weighted by Crippen LogP contribution is 2.13. The van der Waals surface area contributed by atoms with Crippen molar-refractivity contribution < 1.29 is 4.74 Å². The summed E-state index contributed by atoms with van der Waals surface area (Å²) in [5, 5.41) is 4.14. The van der Waals surface area contributed by atoms with E-state index in [2.05, 4.69) is 11.4 Å². The molecule has 0 amide bonds. The quantitative estimate of drug-likeness (QED) is 0.742. The van der Waals surface area contributed by atoms with Crippen molar-refractivity contribution in [1.82, 2.24) is 5.32 Å².